The maximum Gasteiger partial charge on any atom is 0.129 e. The summed E-state index contributed by atoms with van der Waals surface area (Å²) < 4.78 is 1.87. The number of nitrogens with two attached hydrogens (primary N) is 1. The molecule has 3 N–H and O–H groups in total. The van der Waals surface area contributed by atoms with Gasteiger partial charge in [0.15, 0.2) is 0 Å². The predicted molar refractivity (Wildman–Crippen MR) is 80.3 cm³/mol. The number of aliphatic imine (C=N–C) groups is 1. The Morgan fingerprint density at radius 3 is 2.90 bits per heavy atom. The van der Waals surface area contributed by atoms with E-state index in [-0.39, 0.29) is 5.92 Å². The van der Waals surface area contributed by atoms with Crippen molar-refractivity contribution in [3.05, 3.63) is 60.8 Å². The number of benzene rings is 1. The zero-order valence-electron chi connectivity index (χ0n) is 10.8. The van der Waals surface area contributed by atoms with E-state index in [4.69, 9.17) is 5.73 Å². The molecular weight excluding hydrogens is 252 g/mol. The van der Waals surface area contributed by atoms with E-state index in [2.05, 4.69) is 16.6 Å². The van der Waals surface area contributed by atoms with Gasteiger partial charge in [0.1, 0.15) is 17.6 Å². The number of imidazole rings is 1. The van der Waals surface area contributed by atoms with Crippen LogP contribution in [0.25, 0.3) is 17.2 Å². The predicted octanol–water partition coefficient (Wildman–Crippen LogP) is 2.55. The van der Waals surface area contributed by atoms with Crippen LogP contribution in [0.1, 0.15) is 11.7 Å². The minimum Gasteiger partial charge on any atom is -0.515 e. The molecule has 0 aliphatic carbocycles. The molecule has 0 saturated carbocycles. The SMILES string of the molecule is C=Cn1c(C2C(=CO)C=CN=C2N)nc2ccccc21. The zero-order valence-corrected chi connectivity index (χ0v) is 10.8. The summed E-state index contributed by atoms with van der Waals surface area (Å²) in [5.74, 6) is 0.703. The molecule has 5 nitrogen and oxygen atoms in total. The van der Waals surface area contributed by atoms with E-state index < -0.39 is 0 Å². The molecule has 2 heterocycles. The Morgan fingerprint density at radius 1 is 1.35 bits per heavy atom. The van der Waals surface area contributed by atoms with Crippen LogP contribution in [-0.2, 0) is 0 Å². The van der Waals surface area contributed by atoms with Gasteiger partial charge in [0.25, 0.3) is 0 Å². The van der Waals surface area contributed by atoms with Crippen LogP contribution in [0.15, 0.2) is 59.9 Å². The largest absolute Gasteiger partial charge is 0.515 e. The summed E-state index contributed by atoms with van der Waals surface area (Å²) in [6, 6.07) is 7.75. The third-order valence-electron chi connectivity index (χ3n) is 3.33. The van der Waals surface area contributed by atoms with Crippen LogP contribution in [0.2, 0.25) is 0 Å². The lowest BCUT2D eigenvalue weighted by Gasteiger charge is -2.19. The van der Waals surface area contributed by atoms with Crippen molar-refractivity contribution in [1.29, 1.82) is 0 Å². The van der Waals surface area contributed by atoms with Crippen molar-refractivity contribution in [3.63, 3.8) is 0 Å². The molecule has 1 aliphatic rings. The number of para-hydroxylation sites is 2. The van der Waals surface area contributed by atoms with Crippen LogP contribution in [-0.4, -0.2) is 20.5 Å². The minimum absolute atomic E-state index is 0.379. The van der Waals surface area contributed by atoms with Gasteiger partial charge < -0.3 is 15.4 Å². The van der Waals surface area contributed by atoms with Gasteiger partial charge in [-0.2, -0.15) is 0 Å². The molecule has 0 saturated heterocycles. The van der Waals surface area contributed by atoms with Crippen molar-refractivity contribution in [3.8, 4) is 0 Å². The average molecular weight is 266 g/mol. The van der Waals surface area contributed by atoms with E-state index in [0.29, 0.717) is 17.2 Å². The number of amidine groups is 1. The van der Waals surface area contributed by atoms with Gasteiger partial charge in [-0.25, -0.2) is 9.98 Å². The fourth-order valence-electron chi connectivity index (χ4n) is 2.41. The normalized spacial score (nSPS) is 20.3. The molecule has 2 aromatic rings. The molecule has 20 heavy (non-hydrogen) atoms. The molecule has 0 bridgehead atoms. The molecule has 1 unspecified atom stereocenters. The Balaban J connectivity index is 2.26. The Kier molecular flexibility index (Phi) is 2.87. The van der Waals surface area contributed by atoms with Crippen molar-refractivity contribution >= 4 is 23.1 Å². The van der Waals surface area contributed by atoms with E-state index in [0.717, 1.165) is 17.3 Å². The number of aromatic nitrogens is 2. The first-order valence-electron chi connectivity index (χ1n) is 6.19. The molecule has 0 fully saturated rings. The van der Waals surface area contributed by atoms with Crippen LogP contribution in [0.5, 0.6) is 0 Å². The van der Waals surface area contributed by atoms with E-state index in [1.54, 1.807) is 18.5 Å². The molecule has 5 heteroatoms. The van der Waals surface area contributed by atoms with Gasteiger partial charge in [-0.05, 0) is 18.2 Å². The second-order valence-electron chi connectivity index (χ2n) is 4.44. The van der Waals surface area contributed by atoms with E-state index >= 15 is 0 Å². The molecule has 1 aromatic carbocycles. The number of aliphatic hydroxyl groups excluding tert-OH is 1. The number of allylic oxidation sites excluding steroid dienone is 1. The number of hydrogen-bond donors (Lipinski definition) is 2. The first kappa shape index (κ1) is 12.2. The quantitative estimate of drug-likeness (QED) is 0.820. The number of aliphatic hydroxyl groups is 1. The van der Waals surface area contributed by atoms with Crippen molar-refractivity contribution in [2.75, 3.05) is 0 Å². The fraction of sp³-hybridized carbons (Fsp3) is 0.0667. The van der Waals surface area contributed by atoms with Crippen LogP contribution in [0.4, 0.5) is 0 Å². The smallest absolute Gasteiger partial charge is 0.129 e. The maximum absolute atomic E-state index is 9.39. The highest BCUT2D eigenvalue weighted by Crippen LogP contribution is 2.30. The van der Waals surface area contributed by atoms with Gasteiger partial charge in [-0.1, -0.05) is 18.7 Å². The summed E-state index contributed by atoms with van der Waals surface area (Å²) in [5.41, 5.74) is 8.42. The highest BCUT2D eigenvalue weighted by atomic mass is 16.2. The lowest BCUT2D eigenvalue weighted by atomic mass is 9.96. The third-order valence-corrected chi connectivity index (χ3v) is 3.33. The van der Waals surface area contributed by atoms with Gasteiger partial charge >= 0.3 is 0 Å². The first-order chi connectivity index (χ1) is 9.76. The summed E-state index contributed by atoms with van der Waals surface area (Å²) in [5, 5.41) is 9.39. The van der Waals surface area contributed by atoms with Crippen LogP contribution >= 0.6 is 0 Å². The first-order valence-corrected chi connectivity index (χ1v) is 6.19. The monoisotopic (exact) mass is 266 g/mol. The molecule has 1 aromatic heterocycles. The lowest BCUT2D eigenvalue weighted by molar-refractivity contribution is 0.466. The number of nitrogens with zero attached hydrogens (tertiary/aromatic N) is 3. The molecular formula is C15H14N4O. The summed E-state index contributed by atoms with van der Waals surface area (Å²) in [7, 11) is 0. The molecule has 0 spiro atoms. The fourth-order valence-corrected chi connectivity index (χ4v) is 2.41. The summed E-state index contributed by atoms with van der Waals surface area (Å²) >= 11 is 0. The van der Waals surface area contributed by atoms with Crippen molar-refractivity contribution in [1.82, 2.24) is 9.55 Å². The second-order valence-corrected chi connectivity index (χ2v) is 4.44. The van der Waals surface area contributed by atoms with Crippen molar-refractivity contribution in [2.45, 2.75) is 5.92 Å². The van der Waals surface area contributed by atoms with Crippen LogP contribution in [0, 0.1) is 0 Å². The Morgan fingerprint density at radius 2 is 2.15 bits per heavy atom. The van der Waals surface area contributed by atoms with Crippen LogP contribution in [0.3, 0.4) is 0 Å². The van der Waals surface area contributed by atoms with Gasteiger partial charge in [0.2, 0.25) is 0 Å². The minimum atomic E-state index is -0.379. The van der Waals surface area contributed by atoms with Crippen molar-refractivity contribution in [2.24, 2.45) is 10.7 Å². The van der Waals surface area contributed by atoms with Crippen LogP contribution < -0.4 is 5.73 Å². The molecule has 0 amide bonds. The molecule has 1 atom stereocenters. The molecule has 3 rings (SSSR count). The highest BCUT2D eigenvalue weighted by molar-refractivity contribution is 5.93. The number of fused-ring (bicyclic) bond motifs is 1. The van der Waals surface area contributed by atoms with E-state index in [1.807, 2.05) is 28.8 Å². The summed E-state index contributed by atoms with van der Waals surface area (Å²) in [6.45, 7) is 3.83. The zero-order chi connectivity index (χ0) is 14.1. The average Bonchev–Trinajstić information content (AvgIpc) is 2.84. The maximum atomic E-state index is 9.39. The molecule has 100 valence electrons. The third kappa shape index (κ3) is 1.72. The Labute approximate surface area is 116 Å². The molecule has 1 aliphatic heterocycles. The van der Waals surface area contributed by atoms with Gasteiger partial charge in [-0.3, -0.25) is 0 Å². The number of hydrogen-bond acceptors (Lipinski definition) is 4. The standard InChI is InChI=1S/C15H14N4O/c1-2-19-12-6-4-3-5-11(12)18-15(19)13-10(9-20)7-8-17-14(13)16/h2-9,13,20H,1H2,(H2,16,17). The van der Waals surface area contributed by atoms with E-state index in [9.17, 15) is 5.11 Å². The summed E-state index contributed by atoms with van der Waals surface area (Å²) in [6.07, 6.45) is 6.00. The van der Waals surface area contributed by atoms with Crippen molar-refractivity contribution < 1.29 is 5.11 Å². The van der Waals surface area contributed by atoms with Gasteiger partial charge in [0, 0.05) is 18.0 Å². The second kappa shape index (κ2) is 4.70. The molecule has 0 radical (unpaired) electrons. The summed E-state index contributed by atoms with van der Waals surface area (Å²) in [4.78, 5) is 8.71. The van der Waals surface area contributed by atoms with E-state index in [1.165, 1.54) is 0 Å². The Bertz CT molecular complexity index is 767. The van der Waals surface area contributed by atoms with Gasteiger partial charge in [0.05, 0.1) is 17.3 Å². The number of rotatable bonds is 2. The lowest BCUT2D eigenvalue weighted by Crippen LogP contribution is -2.26. The topological polar surface area (TPSA) is 76.4 Å². The Hall–Kier alpha value is -2.82. The highest BCUT2D eigenvalue weighted by Gasteiger charge is 2.27. The van der Waals surface area contributed by atoms with Gasteiger partial charge in [-0.15, -0.1) is 0 Å².